The van der Waals surface area contributed by atoms with Crippen LogP contribution in [0.4, 0.5) is 11.4 Å². The number of hydrogen-bond acceptors (Lipinski definition) is 4. The van der Waals surface area contributed by atoms with E-state index >= 15 is 0 Å². The summed E-state index contributed by atoms with van der Waals surface area (Å²) in [7, 11) is 0. The lowest BCUT2D eigenvalue weighted by molar-refractivity contribution is 0.0975. The number of rotatable bonds is 6. The second-order valence-electron chi connectivity index (χ2n) is 5.78. The fourth-order valence-corrected chi connectivity index (χ4v) is 4.01. The Hall–Kier alpha value is -2.70. The maximum Gasteiger partial charge on any atom is 0.269 e. The second-order valence-corrected chi connectivity index (χ2v) is 7.24. The van der Waals surface area contributed by atoms with Crippen molar-refractivity contribution in [3.63, 3.8) is 0 Å². The number of para-hydroxylation sites is 2. The van der Waals surface area contributed by atoms with Gasteiger partial charge in [0.2, 0.25) is 0 Å². The largest absolute Gasteiger partial charge is 0.269 e. The maximum atomic E-state index is 13.3. The summed E-state index contributed by atoms with van der Waals surface area (Å²) in [4.78, 5) is 26.6. The van der Waals surface area contributed by atoms with Crippen molar-refractivity contribution in [2.75, 3.05) is 21.1 Å². The van der Waals surface area contributed by atoms with E-state index in [1.54, 1.807) is 32.9 Å². The number of anilines is 2. The highest BCUT2D eigenvalue weighted by molar-refractivity contribution is 8.01. The van der Waals surface area contributed by atoms with E-state index in [2.05, 4.69) is 0 Å². The normalized spacial score (nSPS) is 10.4. The van der Waals surface area contributed by atoms with Crippen LogP contribution in [0.2, 0.25) is 0 Å². The molecule has 0 aliphatic rings. The van der Waals surface area contributed by atoms with Crippen LogP contribution in [0.15, 0.2) is 84.9 Å². The van der Waals surface area contributed by atoms with E-state index in [4.69, 9.17) is 0 Å². The van der Waals surface area contributed by atoms with Gasteiger partial charge in [-0.15, -0.1) is 0 Å². The lowest BCUT2D eigenvalue weighted by Crippen LogP contribution is -2.29. The van der Waals surface area contributed by atoms with Crippen molar-refractivity contribution in [3.05, 3.63) is 96.1 Å². The molecule has 6 heteroatoms. The van der Waals surface area contributed by atoms with Gasteiger partial charge in [-0.1, -0.05) is 48.5 Å². The molecule has 0 aliphatic heterocycles. The third-order valence-corrected chi connectivity index (χ3v) is 5.59. The molecule has 0 atom stereocenters. The molecular weight excluding hydrogens is 388 g/mol. The van der Waals surface area contributed by atoms with Gasteiger partial charge < -0.3 is 0 Å². The Morgan fingerprint density at radius 1 is 0.571 bits per heavy atom. The van der Waals surface area contributed by atoms with Crippen molar-refractivity contribution in [2.24, 2.45) is 0 Å². The van der Waals surface area contributed by atoms with E-state index in [1.165, 1.54) is 23.9 Å². The Morgan fingerprint density at radius 3 is 1.21 bits per heavy atom. The Balaban J connectivity index is 1.98. The van der Waals surface area contributed by atoms with Crippen LogP contribution in [-0.4, -0.2) is 24.3 Å². The minimum atomic E-state index is -0.225. The summed E-state index contributed by atoms with van der Waals surface area (Å²) in [6, 6.07) is 25.8. The van der Waals surface area contributed by atoms with Crippen LogP contribution in [-0.2, 0) is 0 Å². The zero-order chi connectivity index (χ0) is 19.9. The predicted molar refractivity (Wildman–Crippen MR) is 120 cm³/mol. The Bertz CT molecular complexity index is 871. The average Bonchev–Trinajstić information content (AvgIpc) is 2.76. The molecule has 0 saturated carbocycles. The zero-order valence-electron chi connectivity index (χ0n) is 15.6. The molecule has 0 heterocycles. The van der Waals surface area contributed by atoms with Gasteiger partial charge in [0, 0.05) is 12.5 Å². The lowest BCUT2D eigenvalue weighted by Gasteiger charge is -2.23. The van der Waals surface area contributed by atoms with Crippen molar-refractivity contribution in [1.29, 1.82) is 0 Å². The van der Waals surface area contributed by atoms with Gasteiger partial charge in [0.05, 0.1) is 22.5 Å². The summed E-state index contributed by atoms with van der Waals surface area (Å²) in [6.45, 7) is 0. The van der Waals surface area contributed by atoms with Gasteiger partial charge in [-0.05, 0) is 60.3 Å². The van der Waals surface area contributed by atoms with E-state index in [0.29, 0.717) is 11.1 Å². The zero-order valence-corrected chi connectivity index (χ0v) is 17.2. The molecule has 4 nitrogen and oxygen atoms in total. The third kappa shape index (κ3) is 4.24. The van der Waals surface area contributed by atoms with E-state index in [1.807, 2.05) is 73.2 Å². The fourth-order valence-electron chi connectivity index (χ4n) is 2.81. The average molecular weight is 409 g/mol. The van der Waals surface area contributed by atoms with Crippen LogP contribution in [0.25, 0.3) is 0 Å². The highest BCUT2D eigenvalue weighted by Crippen LogP contribution is 2.28. The van der Waals surface area contributed by atoms with Gasteiger partial charge in [-0.25, -0.2) is 0 Å². The van der Waals surface area contributed by atoms with E-state index in [-0.39, 0.29) is 11.8 Å². The standard InChI is InChI=1S/C22H20N2O2S2/c1-27-23(17-11-5-3-6-12-17)21(25)19-15-9-10-16-20(19)22(26)24(28-2)18-13-7-4-8-14-18/h3-16H,1-2H3. The Morgan fingerprint density at radius 2 is 0.893 bits per heavy atom. The summed E-state index contributed by atoms with van der Waals surface area (Å²) in [6.07, 6.45) is 3.68. The molecular formula is C22H20N2O2S2. The summed E-state index contributed by atoms with van der Waals surface area (Å²) in [5.41, 5.74) is 2.29. The van der Waals surface area contributed by atoms with Crippen molar-refractivity contribution in [1.82, 2.24) is 0 Å². The molecule has 0 aromatic heterocycles. The molecule has 0 saturated heterocycles. The smallest absolute Gasteiger partial charge is 0.268 e. The molecule has 0 fully saturated rings. The van der Waals surface area contributed by atoms with Crippen LogP contribution < -0.4 is 8.61 Å². The van der Waals surface area contributed by atoms with Gasteiger partial charge in [-0.3, -0.25) is 18.2 Å². The monoisotopic (exact) mass is 408 g/mol. The highest BCUT2D eigenvalue weighted by Gasteiger charge is 2.26. The summed E-state index contributed by atoms with van der Waals surface area (Å²) >= 11 is 2.62. The fraction of sp³-hybridized carbons (Fsp3) is 0.0909. The molecule has 0 spiro atoms. The molecule has 3 rings (SSSR count). The van der Waals surface area contributed by atoms with Crippen LogP contribution in [0.1, 0.15) is 20.7 Å². The van der Waals surface area contributed by atoms with Gasteiger partial charge in [0.25, 0.3) is 11.8 Å². The first-order valence-corrected chi connectivity index (χ1v) is 11.0. The van der Waals surface area contributed by atoms with Gasteiger partial charge >= 0.3 is 0 Å². The minimum absolute atomic E-state index is 0.225. The number of carbonyl (C=O) groups excluding carboxylic acids is 2. The summed E-state index contributed by atoms with van der Waals surface area (Å²) < 4.78 is 3.19. The van der Waals surface area contributed by atoms with E-state index in [9.17, 15) is 9.59 Å². The highest BCUT2D eigenvalue weighted by atomic mass is 32.2. The van der Waals surface area contributed by atoms with Crippen molar-refractivity contribution in [3.8, 4) is 0 Å². The molecule has 2 amide bonds. The molecule has 3 aromatic carbocycles. The van der Waals surface area contributed by atoms with Gasteiger partial charge in [0.1, 0.15) is 0 Å². The molecule has 3 aromatic rings. The number of nitrogens with zero attached hydrogens (tertiary/aromatic N) is 2. The first-order chi connectivity index (χ1) is 13.7. The molecule has 0 bridgehead atoms. The van der Waals surface area contributed by atoms with Crippen LogP contribution >= 0.6 is 23.9 Å². The SMILES string of the molecule is CSN(C(=O)c1ccccc1C(=O)N(SC)c1ccccc1)c1ccccc1. The van der Waals surface area contributed by atoms with E-state index < -0.39 is 0 Å². The maximum absolute atomic E-state index is 13.3. The van der Waals surface area contributed by atoms with Gasteiger partial charge in [0.15, 0.2) is 0 Å². The number of carbonyl (C=O) groups is 2. The van der Waals surface area contributed by atoms with Crippen LogP contribution in [0, 0.1) is 0 Å². The Labute approximate surface area is 173 Å². The number of benzene rings is 3. The molecule has 142 valence electrons. The molecule has 0 unspecified atom stereocenters. The topological polar surface area (TPSA) is 40.6 Å². The quantitative estimate of drug-likeness (QED) is 0.503. The molecule has 0 aliphatic carbocycles. The first kappa shape index (κ1) is 20.0. The van der Waals surface area contributed by atoms with Crippen molar-refractivity contribution in [2.45, 2.75) is 0 Å². The first-order valence-electron chi connectivity index (χ1n) is 8.63. The number of hydrogen-bond donors (Lipinski definition) is 0. The minimum Gasteiger partial charge on any atom is -0.268 e. The van der Waals surface area contributed by atoms with Crippen molar-refractivity contribution < 1.29 is 9.59 Å². The summed E-state index contributed by atoms with van der Waals surface area (Å²) in [5, 5.41) is 0. The van der Waals surface area contributed by atoms with Crippen molar-refractivity contribution >= 4 is 47.1 Å². The van der Waals surface area contributed by atoms with E-state index in [0.717, 1.165) is 11.4 Å². The Kier molecular flexibility index (Phi) is 6.79. The van der Waals surface area contributed by atoms with Crippen LogP contribution in [0.5, 0.6) is 0 Å². The summed E-state index contributed by atoms with van der Waals surface area (Å²) in [5.74, 6) is -0.450. The molecule has 0 N–H and O–H groups in total. The van der Waals surface area contributed by atoms with Gasteiger partial charge in [-0.2, -0.15) is 0 Å². The van der Waals surface area contributed by atoms with Crippen LogP contribution in [0.3, 0.4) is 0 Å². The molecule has 28 heavy (non-hydrogen) atoms. The predicted octanol–water partition coefficient (Wildman–Crippen LogP) is 5.54. The third-order valence-electron chi connectivity index (χ3n) is 4.10. The number of amides is 2. The lowest BCUT2D eigenvalue weighted by atomic mass is 10.1. The second kappa shape index (κ2) is 9.48. The molecule has 0 radical (unpaired) electrons.